The van der Waals surface area contributed by atoms with Gasteiger partial charge in [0.05, 0.1) is 12.3 Å². The number of pyridine rings is 1. The molecule has 29 heavy (non-hydrogen) atoms. The highest BCUT2D eigenvalue weighted by Gasteiger charge is 2.38. The van der Waals surface area contributed by atoms with Crippen molar-refractivity contribution in [2.45, 2.75) is 46.1 Å². The first kappa shape index (κ1) is 20.8. The van der Waals surface area contributed by atoms with Crippen LogP contribution in [0.1, 0.15) is 59.5 Å². The van der Waals surface area contributed by atoms with Gasteiger partial charge in [0.25, 0.3) is 0 Å². The largest absolute Gasteiger partial charge is 0.462 e. The standard InChI is InChI=1S/C24H27NO4/c1-6-8-16-9-17-12-24(5,15(3)4)25-13-20(23(28)29-7-2)22(27)11-21(25)19(17)10-18(16)14-26/h6,9-11,13-15H,1,7-8,12H2,2-5H3. The van der Waals surface area contributed by atoms with E-state index in [9.17, 15) is 14.4 Å². The van der Waals surface area contributed by atoms with E-state index in [4.69, 9.17) is 4.74 Å². The van der Waals surface area contributed by atoms with Gasteiger partial charge in [-0.15, -0.1) is 6.58 Å². The van der Waals surface area contributed by atoms with Crippen molar-refractivity contribution in [1.82, 2.24) is 4.57 Å². The molecule has 0 fully saturated rings. The number of aromatic nitrogens is 1. The summed E-state index contributed by atoms with van der Waals surface area (Å²) in [7, 11) is 0. The Bertz CT molecular complexity index is 1050. The number of nitrogens with zero attached hydrogens (tertiary/aromatic N) is 1. The van der Waals surface area contributed by atoms with Crippen molar-refractivity contribution in [1.29, 1.82) is 0 Å². The number of hydrogen-bond donors (Lipinski definition) is 0. The summed E-state index contributed by atoms with van der Waals surface area (Å²) < 4.78 is 7.08. The molecule has 3 rings (SSSR count). The monoisotopic (exact) mass is 393 g/mol. The number of rotatable bonds is 6. The van der Waals surface area contributed by atoms with Crippen molar-refractivity contribution in [2.24, 2.45) is 5.92 Å². The first-order valence-electron chi connectivity index (χ1n) is 9.93. The number of hydrogen-bond acceptors (Lipinski definition) is 4. The molecular weight excluding hydrogens is 366 g/mol. The van der Waals surface area contributed by atoms with Crippen LogP contribution in [0.25, 0.3) is 11.3 Å². The summed E-state index contributed by atoms with van der Waals surface area (Å²) in [5.41, 5.74) is 3.49. The molecule has 5 heteroatoms. The van der Waals surface area contributed by atoms with E-state index in [1.54, 1.807) is 19.2 Å². The zero-order chi connectivity index (χ0) is 21.3. The molecule has 2 aromatic rings. The zero-order valence-electron chi connectivity index (χ0n) is 17.5. The van der Waals surface area contributed by atoms with Crippen LogP contribution >= 0.6 is 0 Å². The predicted molar refractivity (Wildman–Crippen MR) is 114 cm³/mol. The highest BCUT2D eigenvalue weighted by molar-refractivity contribution is 5.90. The van der Waals surface area contributed by atoms with E-state index in [1.165, 1.54) is 6.07 Å². The minimum absolute atomic E-state index is 0.0322. The molecule has 1 aromatic heterocycles. The topological polar surface area (TPSA) is 65.4 Å². The summed E-state index contributed by atoms with van der Waals surface area (Å²) >= 11 is 0. The fourth-order valence-electron chi connectivity index (χ4n) is 4.02. The van der Waals surface area contributed by atoms with Gasteiger partial charge >= 0.3 is 5.97 Å². The third-order valence-electron chi connectivity index (χ3n) is 6.02. The lowest BCUT2D eigenvalue weighted by Crippen LogP contribution is -2.42. The van der Waals surface area contributed by atoms with Gasteiger partial charge in [0, 0.05) is 28.9 Å². The fourth-order valence-corrected chi connectivity index (χ4v) is 4.02. The van der Waals surface area contributed by atoms with Crippen LogP contribution in [0.15, 0.2) is 41.8 Å². The molecule has 0 amide bonds. The molecule has 1 aliphatic heterocycles. The molecule has 152 valence electrons. The van der Waals surface area contributed by atoms with Crippen LogP contribution in [0.5, 0.6) is 0 Å². The second kappa shape index (κ2) is 7.82. The molecule has 1 atom stereocenters. The quantitative estimate of drug-likeness (QED) is 0.420. The molecule has 0 spiro atoms. The first-order chi connectivity index (χ1) is 13.8. The Balaban J connectivity index is 2.32. The average molecular weight is 393 g/mol. The molecule has 0 bridgehead atoms. The molecule has 1 unspecified atom stereocenters. The molecule has 1 aliphatic rings. The predicted octanol–water partition coefficient (Wildman–Crippen LogP) is 4.16. The fraction of sp³-hybridized carbons (Fsp3) is 0.375. The maximum Gasteiger partial charge on any atom is 0.343 e. The Morgan fingerprint density at radius 1 is 1.34 bits per heavy atom. The van der Waals surface area contributed by atoms with E-state index in [-0.39, 0.29) is 29.1 Å². The summed E-state index contributed by atoms with van der Waals surface area (Å²) in [6, 6.07) is 5.39. The van der Waals surface area contributed by atoms with Gasteiger partial charge in [-0.05, 0) is 49.8 Å². The van der Waals surface area contributed by atoms with E-state index < -0.39 is 5.97 Å². The van der Waals surface area contributed by atoms with Crippen LogP contribution in [0, 0.1) is 5.92 Å². The molecule has 0 aliphatic carbocycles. The number of esters is 1. The van der Waals surface area contributed by atoms with Crippen LogP contribution in [0.2, 0.25) is 0 Å². The molecular formula is C24H27NO4. The summed E-state index contributed by atoms with van der Waals surface area (Å²) in [4.78, 5) is 36.7. The van der Waals surface area contributed by atoms with Crippen molar-refractivity contribution < 1.29 is 14.3 Å². The summed E-state index contributed by atoms with van der Waals surface area (Å²) in [5.74, 6) is -0.375. The molecule has 0 saturated heterocycles. The van der Waals surface area contributed by atoms with Gasteiger partial charge in [0.1, 0.15) is 11.8 Å². The minimum Gasteiger partial charge on any atom is -0.462 e. The van der Waals surface area contributed by atoms with Gasteiger partial charge in [-0.2, -0.15) is 0 Å². The van der Waals surface area contributed by atoms with Gasteiger partial charge < -0.3 is 9.30 Å². The SMILES string of the molecule is C=CCc1cc2c(cc1C=O)-c1cc(=O)c(C(=O)OCC)cn1C(C)(C(C)C)C2. The van der Waals surface area contributed by atoms with Crippen LogP contribution in [0.3, 0.4) is 0 Å². The number of ether oxygens (including phenoxy) is 1. The van der Waals surface area contributed by atoms with E-state index >= 15 is 0 Å². The third-order valence-corrected chi connectivity index (χ3v) is 6.02. The lowest BCUT2D eigenvalue weighted by atomic mass is 9.76. The van der Waals surface area contributed by atoms with Crippen molar-refractivity contribution in [3.63, 3.8) is 0 Å². The smallest absolute Gasteiger partial charge is 0.343 e. The Morgan fingerprint density at radius 2 is 2.07 bits per heavy atom. The molecule has 5 nitrogen and oxygen atoms in total. The van der Waals surface area contributed by atoms with Gasteiger partial charge in [-0.1, -0.05) is 26.0 Å². The number of aldehydes is 1. The number of carbonyl (C=O) groups excluding carboxylic acids is 2. The number of carbonyl (C=O) groups is 2. The van der Waals surface area contributed by atoms with E-state index in [0.717, 1.165) is 29.4 Å². The Kier molecular flexibility index (Phi) is 5.60. The zero-order valence-corrected chi connectivity index (χ0v) is 17.5. The number of allylic oxidation sites excluding steroid dienone is 1. The van der Waals surface area contributed by atoms with Crippen molar-refractivity contribution in [3.05, 3.63) is 69.5 Å². The second-order valence-corrected chi connectivity index (χ2v) is 8.03. The van der Waals surface area contributed by atoms with Gasteiger partial charge in [-0.25, -0.2) is 4.79 Å². The van der Waals surface area contributed by atoms with Crippen LogP contribution in [0.4, 0.5) is 0 Å². The number of benzene rings is 1. The summed E-state index contributed by atoms with van der Waals surface area (Å²) in [6.07, 6.45) is 5.57. The van der Waals surface area contributed by atoms with Crippen LogP contribution < -0.4 is 5.43 Å². The highest BCUT2D eigenvalue weighted by atomic mass is 16.5. The van der Waals surface area contributed by atoms with Gasteiger partial charge in [-0.3, -0.25) is 9.59 Å². The maximum absolute atomic E-state index is 12.7. The average Bonchev–Trinajstić information content (AvgIpc) is 2.67. The van der Waals surface area contributed by atoms with Crippen molar-refractivity contribution >= 4 is 12.3 Å². The highest BCUT2D eigenvalue weighted by Crippen LogP contribution is 2.42. The van der Waals surface area contributed by atoms with Gasteiger partial charge in [0.15, 0.2) is 5.43 Å². The van der Waals surface area contributed by atoms with Crippen LogP contribution in [-0.4, -0.2) is 23.4 Å². The first-order valence-corrected chi connectivity index (χ1v) is 9.93. The maximum atomic E-state index is 12.7. The summed E-state index contributed by atoms with van der Waals surface area (Å²) in [5, 5.41) is 0. The van der Waals surface area contributed by atoms with Crippen LogP contribution in [-0.2, 0) is 23.1 Å². The Hall–Kier alpha value is -2.95. The third kappa shape index (κ3) is 3.46. The Labute approximate surface area is 171 Å². The number of fused-ring (bicyclic) bond motifs is 3. The molecule has 2 heterocycles. The van der Waals surface area contributed by atoms with Gasteiger partial charge in [0.2, 0.25) is 0 Å². The summed E-state index contributed by atoms with van der Waals surface area (Å²) in [6.45, 7) is 12.1. The van der Waals surface area contributed by atoms with E-state index in [1.807, 2.05) is 10.6 Å². The molecule has 0 saturated carbocycles. The minimum atomic E-state index is -0.611. The van der Waals surface area contributed by atoms with Crippen molar-refractivity contribution in [3.8, 4) is 11.3 Å². The Morgan fingerprint density at radius 3 is 2.66 bits per heavy atom. The molecule has 1 aromatic carbocycles. The van der Waals surface area contributed by atoms with Crippen molar-refractivity contribution in [2.75, 3.05) is 6.61 Å². The normalized spacial score (nSPS) is 17.4. The lowest BCUT2D eigenvalue weighted by Gasteiger charge is -2.43. The van der Waals surface area contributed by atoms with E-state index in [2.05, 4.69) is 33.4 Å². The lowest BCUT2D eigenvalue weighted by molar-refractivity contribution is 0.0522. The second-order valence-electron chi connectivity index (χ2n) is 8.03. The molecule has 0 N–H and O–H groups in total. The molecule has 0 radical (unpaired) electrons. The van der Waals surface area contributed by atoms with E-state index in [0.29, 0.717) is 17.7 Å².